The van der Waals surface area contributed by atoms with Crippen LogP contribution in [-0.4, -0.2) is 24.1 Å². The van der Waals surface area contributed by atoms with E-state index in [2.05, 4.69) is 17.2 Å². The molecule has 0 spiro atoms. The van der Waals surface area contributed by atoms with E-state index in [4.69, 9.17) is 4.74 Å². The summed E-state index contributed by atoms with van der Waals surface area (Å²) < 4.78 is 4.83. The van der Waals surface area contributed by atoms with E-state index in [1.165, 1.54) is 7.11 Å². The van der Waals surface area contributed by atoms with Crippen LogP contribution in [0.5, 0.6) is 0 Å². The second-order valence-electron chi connectivity index (χ2n) is 4.19. The monoisotopic (exact) mass is 256 g/mol. The number of methoxy groups -OCH3 is 1. The Balaban J connectivity index is 2.69. The van der Waals surface area contributed by atoms with E-state index in [-0.39, 0.29) is 24.0 Å². The van der Waals surface area contributed by atoms with Crippen LogP contribution < -0.4 is 5.32 Å². The topological polar surface area (TPSA) is 51.2 Å². The van der Waals surface area contributed by atoms with Gasteiger partial charge in [0.25, 0.3) is 0 Å². The van der Waals surface area contributed by atoms with E-state index in [0.717, 1.165) is 12.1 Å². The van der Waals surface area contributed by atoms with Crippen LogP contribution in [0.1, 0.15) is 38.9 Å². The van der Waals surface area contributed by atoms with E-state index in [1.807, 2.05) is 19.2 Å². The van der Waals surface area contributed by atoms with Crippen molar-refractivity contribution in [3.8, 4) is 0 Å². The van der Waals surface area contributed by atoms with Gasteiger partial charge in [-0.1, -0.05) is 20.3 Å². The van der Waals surface area contributed by atoms with Crippen molar-refractivity contribution in [1.82, 2.24) is 10.3 Å². The van der Waals surface area contributed by atoms with Crippen LogP contribution in [0, 0.1) is 5.92 Å². The summed E-state index contributed by atoms with van der Waals surface area (Å²) in [6.45, 7) is 6.12. The van der Waals surface area contributed by atoms with Crippen molar-refractivity contribution in [3.05, 3.63) is 16.6 Å². The SMILES string of the molecule is CCC(C)C(NC(C)c1cscn1)C(=O)OC. The lowest BCUT2D eigenvalue weighted by atomic mass is 9.98. The van der Waals surface area contributed by atoms with Gasteiger partial charge in [-0.3, -0.25) is 10.1 Å². The van der Waals surface area contributed by atoms with Crippen LogP contribution >= 0.6 is 11.3 Å². The van der Waals surface area contributed by atoms with E-state index in [9.17, 15) is 4.79 Å². The number of ether oxygens (including phenoxy) is 1. The fourth-order valence-corrected chi connectivity index (χ4v) is 2.27. The van der Waals surface area contributed by atoms with E-state index in [0.29, 0.717) is 0 Å². The Labute approximate surface area is 106 Å². The van der Waals surface area contributed by atoms with Crippen LogP contribution in [0.3, 0.4) is 0 Å². The molecule has 0 aliphatic carbocycles. The highest BCUT2D eigenvalue weighted by atomic mass is 32.1. The molecule has 96 valence electrons. The molecule has 3 unspecified atom stereocenters. The highest BCUT2D eigenvalue weighted by molar-refractivity contribution is 7.07. The van der Waals surface area contributed by atoms with E-state index in [1.54, 1.807) is 16.8 Å². The number of carbonyl (C=O) groups excluding carboxylic acids is 1. The van der Waals surface area contributed by atoms with Gasteiger partial charge in [-0.05, 0) is 12.8 Å². The Morgan fingerprint density at radius 2 is 2.29 bits per heavy atom. The molecule has 1 aromatic rings. The van der Waals surface area contributed by atoms with Crippen molar-refractivity contribution in [2.45, 2.75) is 39.3 Å². The Morgan fingerprint density at radius 1 is 1.59 bits per heavy atom. The Morgan fingerprint density at radius 3 is 2.76 bits per heavy atom. The normalized spacial score (nSPS) is 16.2. The van der Waals surface area contributed by atoms with Gasteiger partial charge in [0.2, 0.25) is 0 Å². The Bertz CT molecular complexity index is 340. The predicted octanol–water partition coefficient (Wildman–Crippen LogP) is 2.38. The molecule has 0 amide bonds. The molecule has 0 fully saturated rings. The van der Waals surface area contributed by atoms with Crippen LogP contribution in [0.4, 0.5) is 0 Å². The van der Waals surface area contributed by atoms with Crippen LogP contribution in [0.15, 0.2) is 10.9 Å². The molecule has 17 heavy (non-hydrogen) atoms. The van der Waals surface area contributed by atoms with Crippen molar-refractivity contribution in [2.24, 2.45) is 5.92 Å². The lowest BCUT2D eigenvalue weighted by Crippen LogP contribution is -2.43. The lowest BCUT2D eigenvalue weighted by molar-refractivity contribution is -0.144. The molecule has 1 rings (SSSR count). The number of nitrogens with one attached hydrogen (secondary N) is 1. The van der Waals surface area contributed by atoms with Crippen molar-refractivity contribution < 1.29 is 9.53 Å². The minimum absolute atomic E-state index is 0.0550. The minimum atomic E-state index is -0.276. The zero-order valence-corrected chi connectivity index (χ0v) is 11.6. The van der Waals surface area contributed by atoms with Gasteiger partial charge < -0.3 is 4.74 Å². The molecular weight excluding hydrogens is 236 g/mol. The molecule has 0 aromatic carbocycles. The third kappa shape index (κ3) is 3.78. The number of esters is 1. The van der Waals surface area contributed by atoms with Gasteiger partial charge in [0.05, 0.1) is 18.3 Å². The summed E-state index contributed by atoms with van der Waals surface area (Å²) in [5.41, 5.74) is 2.76. The second-order valence-corrected chi connectivity index (χ2v) is 4.91. The zero-order valence-electron chi connectivity index (χ0n) is 10.8. The van der Waals surface area contributed by atoms with Crippen molar-refractivity contribution >= 4 is 17.3 Å². The molecule has 1 heterocycles. The first-order valence-electron chi connectivity index (χ1n) is 5.82. The molecule has 4 nitrogen and oxygen atoms in total. The maximum atomic E-state index is 11.7. The minimum Gasteiger partial charge on any atom is -0.468 e. The first-order valence-corrected chi connectivity index (χ1v) is 6.76. The van der Waals surface area contributed by atoms with Crippen LogP contribution in [0.25, 0.3) is 0 Å². The first-order chi connectivity index (χ1) is 8.10. The number of nitrogens with zero attached hydrogens (tertiary/aromatic N) is 1. The summed E-state index contributed by atoms with van der Waals surface area (Å²) in [6.07, 6.45) is 0.927. The Hall–Kier alpha value is -0.940. The summed E-state index contributed by atoms with van der Waals surface area (Å²) in [5.74, 6) is 0.0324. The van der Waals surface area contributed by atoms with Gasteiger partial charge >= 0.3 is 5.97 Å². The zero-order chi connectivity index (χ0) is 12.8. The number of carbonyl (C=O) groups is 1. The molecule has 5 heteroatoms. The fraction of sp³-hybridized carbons (Fsp3) is 0.667. The maximum Gasteiger partial charge on any atom is 0.323 e. The van der Waals surface area contributed by atoms with Gasteiger partial charge in [0, 0.05) is 11.4 Å². The van der Waals surface area contributed by atoms with Crippen molar-refractivity contribution in [1.29, 1.82) is 0 Å². The van der Waals surface area contributed by atoms with Gasteiger partial charge in [-0.15, -0.1) is 11.3 Å². The summed E-state index contributed by atoms with van der Waals surface area (Å²) in [4.78, 5) is 16.0. The van der Waals surface area contributed by atoms with Crippen LogP contribution in [-0.2, 0) is 9.53 Å². The maximum absolute atomic E-state index is 11.7. The third-order valence-electron chi connectivity index (χ3n) is 2.99. The van der Waals surface area contributed by atoms with Crippen LogP contribution in [0.2, 0.25) is 0 Å². The quantitative estimate of drug-likeness (QED) is 0.794. The molecule has 0 saturated carbocycles. The average Bonchev–Trinajstić information content (AvgIpc) is 2.87. The third-order valence-corrected chi connectivity index (χ3v) is 3.60. The number of rotatable bonds is 6. The van der Waals surface area contributed by atoms with Crippen molar-refractivity contribution in [2.75, 3.05) is 7.11 Å². The van der Waals surface area contributed by atoms with E-state index < -0.39 is 0 Å². The smallest absolute Gasteiger partial charge is 0.323 e. The molecule has 1 N–H and O–H groups in total. The molecule has 1 aromatic heterocycles. The largest absolute Gasteiger partial charge is 0.468 e. The first kappa shape index (κ1) is 14.1. The summed E-state index contributed by atoms with van der Waals surface area (Å²) in [5, 5.41) is 5.28. The standard InChI is InChI=1S/C12H20N2O2S/c1-5-8(2)11(12(15)16-4)14-9(3)10-6-17-7-13-10/h6-9,11,14H,5H2,1-4H3. The summed E-state index contributed by atoms with van der Waals surface area (Å²) in [7, 11) is 1.42. The number of aromatic nitrogens is 1. The molecule has 3 atom stereocenters. The second kappa shape index (κ2) is 6.71. The lowest BCUT2D eigenvalue weighted by Gasteiger charge is -2.25. The van der Waals surface area contributed by atoms with Gasteiger partial charge in [0.15, 0.2) is 0 Å². The molecule has 0 radical (unpaired) electrons. The van der Waals surface area contributed by atoms with Crippen molar-refractivity contribution in [3.63, 3.8) is 0 Å². The Kier molecular flexibility index (Phi) is 5.58. The predicted molar refractivity (Wildman–Crippen MR) is 68.9 cm³/mol. The highest BCUT2D eigenvalue weighted by Gasteiger charge is 2.26. The average molecular weight is 256 g/mol. The van der Waals surface area contributed by atoms with Gasteiger partial charge in [-0.2, -0.15) is 0 Å². The summed E-state index contributed by atoms with van der Waals surface area (Å²) in [6, 6.07) is -0.221. The molecule has 0 aliphatic rings. The van der Waals surface area contributed by atoms with Gasteiger partial charge in [0.1, 0.15) is 6.04 Å². The highest BCUT2D eigenvalue weighted by Crippen LogP contribution is 2.17. The van der Waals surface area contributed by atoms with Gasteiger partial charge in [-0.25, -0.2) is 4.98 Å². The number of hydrogen-bond donors (Lipinski definition) is 1. The fourth-order valence-electron chi connectivity index (χ4n) is 1.62. The summed E-state index contributed by atoms with van der Waals surface area (Å²) >= 11 is 1.56. The number of hydrogen-bond acceptors (Lipinski definition) is 5. The molecule has 0 aliphatic heterocycles. The van der Waals surface area contributed by atoms with E-state index >= 15 is 0 Å². The number of thiazole rings is 1. The molecular formula is C12H20N2O2S. The molecule has 0 bridgehead atoms. The molecule has 0 saturated heterocycles.